The fourth-order valence-corrected chi connectivity index (χ4v) is 6.81. The zero-order chi connectivity index (χ0) is 25.3. The molecule has 0 radical (unpaired) electrons. The van der Waals surface area contributed by atoms with E-state index in [9.17, 15) is 21.6 Å². The second-order valence-electron chi connectivity index (χ2n) is 8.79. The van der Waals surface area contributed by atoms with Crippen molar-refractivity contribution < 1.29 is 31.1 Å². The normalized spacial score (nSPS) is 19.8. The van der Waals surface area contributed by atoms with Gasteiger partial charge in [0.05, 0.1) is 47.4 Å². The van der Waals surface area contributed by atoms with Crippen LogP contribution in [0.5, 0.6) is 0 Å². The SMILES string of the molecule is O=S(=O)(c1ccc2c(c1)nc(SCc1ccc(C(F)(F)F)cc1)n2C[C@@H]1CCCO1)N1CCOCC1. The summed E-state index contributed by atoms with van der Waals surface area (Å²) in [6.07, 6.45) is -2.44. The molecule has 1 aromatic heterocycles. The van der Waals surface area contributed by atoms with Crippen molar-refractivity contribution in [2.45, 2.75) is 47.5 Å². The molecule has 5 rings (SSSR count). The number of thioether (sulfide) groups is 1. The van der Waals surface area contributed by atoms with Crippen molar-refractivity contribution in [3.8, 4) is 0 Å². The monoisotopic (exact) mass is 541 g/mol. The summed E-state index contributed by atoms with van der Waals surface area (Å²) in [6, 6.07) is 10.1. The van der Waals surface area contributed by atoms with Crippen LogP contribution in [0.15, 0.2) is 52.5 Å². The summed E-state index contributed by atoms with van der Waals surface area (Å²) < 4.78 is 79.5. The first-order valence-corrected chi connectivity index (χ1v) is 14.1. The smallest absolute Gasteiger partial charge is 0.379 e. The molecule has 2 aromatic carbocycles. The van der Waals surface area contributed by atoms with Gasteiger partial charge in [0.1, 0.15) is 0 Å². The lowest BCUT2D eigenvalue weighted by molar-refractivity contribution is -0.137. The number of morpholine rings is 1. The number of fused-ring (bicyclic) bond motifs is 1. The molecule has 0 spiro atoms. The molecule has 2 fully saturated rings. The van der Waals surface area contributed by atoms with Crippen molar-refractivity contribution in [1.82, 2.24) is 13.9 Å². The molecule has 3 aromatic rings. The maximum Gasteiger partial charge on any atom is 0.416 e. The van der Waals surface area contributed by atoms with Crippen LogP contribution in [0.25, 0.3) is 11.0 Å². The predicted octanol–water partition coefficient (Wildman–Crippen LogP) is 4.55. The highest BCUT2D eigenvalue weighted by atomic mass is 32.2. The molecule has 0 amide bonds. The van der Waals surface area contributed by atoms with Crippen LogP contribution in [-0.4, -0.2) is 61.3 Å². The number of sulfonamides is 1. The fraction of sp³-hybridized carbons (Fsp3) is 0.458. The minimum Gasteiger partial charge on any atom is -0.379 e. The van der Waals surface area contributed by atoms with Gasteiger partial charge in [-0.25, -0.2) is 13.4 Å². The van der Waals surface area contributed by atoms with Crippen molar-refractivity contribution in [3.05, 3.63) is 53.6 Å². The summed E-state index contributed by atoms with van der Waals surface area (Å²) in [7, 11) is -3.67. The first-order chi connectivity index (χ1) is 17.2. The first kappa shape index (κ1) is 25.5. The van der Waals surface area contributed by atoms with Crippen molar-refractivity contribution >= 4 is 32.8 Å². The van der Waals surface area contributed by atoms with E-state index in [1.807, 2.05) is 4.57 Å². The summed E-state index contributed by atoms with van der Waals surface area (Å²) in [6.45, 7) is 2.61. The third-order valence-electron chi connectivity index (χ3n) is 6.35. The second-order valence-corrected chi connectivity index (χ2v) is 11.7. The second kappa shape index (κ2) is 10.3. The summed E-state index contributed by atoms with van der Waals surface area (Å²) in [5.74, 6) is 0.423. The molecule has 36 heavy (non-hydrogen) atoms. The van der Waals surface area contributed by atoms with E-state index < -0.39 is 21.8 Å². The lowest BCUT2D eigenvalue weighted by Gasteiger charge is -2.26. The quantitative estimate of drug-likeness (QED) is 0.409. The molecule has 0 N–H and O–H groups in total. The topological polar surface area (TPSA) is 73.7 Å². The maximum absolute atomic E-state index is 13.1. The van der Waals surface area contributed by atoms with Crippen LogP contribution in [0.4, 0.5) is 13.2 Å². The van der Waals surface area contributed by atoms with E-state index >= 15 is 0 Å². The van der Waals surface area contributed by atoms with E-state index in [-0.39, 0.29) is 11.0 Å². The molecule has 12 heteroatoms. The molecule has 2 aliphatic rings. The van der Waals surface area contributed by atoms with Gasteiger partial charge in [0.25, 0.3) is 0 Å². The Kier molecular flexibility index (Phi) is 7.32. The number of halogens is 3. The number of benzene rings is 2. The Morgan fingerprint density at radius 3 is 2.47 bits per heavy atom. The third-order valence-corrected chi connectivity index (χ3v) is 9.29. The highest BCUT2D eigenvalue weighted by Crippen LogP contribution is 2.32. The molecule has 0 unspecified atom stereocenters. The summed E-state index contributed by atoms with van der Waals surface area (Å²) in [5.41, 5.74) is 1.40. The van der Waals surface area contributed by atoms with E-state index in [4.69, 9.17) is 14.5 Å². The van der Waals surface area contributed by atoms with Gasteiger partial charge in [0, 0.05) is 25.4 Å². The van der Waals surface area contributed by atoms with Gasteiger partial charge in [-0.1, -0.05) is 23.9 Å². The van der Waals surface area contributed by atoms with Crippen LogP contribution in [-0.2, 0) is 38.0 Å². The van der Waals surface area contributed by atoms with E-state index in [2.05, 4.69) is 0 Å². The third kappa shape index (κ3) is 5.42. The number of alkyl halides is 3. The summed E-state index contributed by atoms with van der Waals surface area (Å²) >= 11 is 1.40. The molecular formula is C24H26F3N3O4S2. The summed E-state index contributed by atoms with van der Waals surface area (Å²) in [4.78, 5) is 4.91. The largest absolute Gasteiger partial charge is 0.416 e. The molecule has 2 aliphatic heterocycles. The molecule has 2 saturated heterocycles. The Bertz CT molecular complexity index is 1310. The summed E-state index contributed by atoms with van der Waals surface area (Å²) in [5, 5.41) is 0.668. The number of nitrogens with zero attached hydrogens (tertiary/aromatic N) is 3. The Morgan fingerprint density at radius 2 is 1.81 bits per heavy atom. The van der Waals surface area contributed by atoms with Gasteiger partial charge in [-0.05, 0) is 48.7 Å². The van der Waals surface area contributed by atoms with Crippen molar-refractivity contribution in [1.29, 1.82) is 0 Å². The molecule has 194 valence electrons. The van der Waals surface area contributed by atoms with E-state index in [0.717, 1.165) is 36.1 Å². The number of hydrogen-bond acceptors (Lipinski definition) is 6. The Hall–Kier alpha value is -2.12. The zero-order valence-electron chi connectivity index (χ0n) is 19.4. The van der Waals surface area contributed by atoms with E-state index in [1.165, 1.54) is 28.2 Å². The van der Waals surface area contributed by atoms with Crippen LogP contribution >= 0.6 is 11.8 Å². The Morgan fingerprint density at radius 1 is 1.06 bits per heavy atom. The van der Waals surface area contributed by atoms with Crippen molar-refractivity contribution in [2.24, 2.45) is 0 Å². The van der Waals surface area contributed by atoms with Gasteiger partial charge in [0.2, 0.25) is 10.0 Å². The standard InChI is InChI=1S/C24H26F3N3O4S2/c25-24(26,27)18-5-3-17(4-6-18)16-35-23-28-21-14-20(36(31,32)29-9-12-33-13-10-29)7-8-22(21)30(23)15-19-2-1-11-34-19/h3-8,14,19H,1-2,9-13,15-16H2/t19-/m0/s1. The van der Waals surface area contributed by atoms with Gasteiger partial charge in [-0.3, -0.25) is 0 Å². The molecule has 0 aliphatic carbocycles. The first-order valence-electron chi connectivity index (χ1n) is 11.7. The van der Waals surface area contributed by atoms with Crippen LogP contribution in [0.3, 0.4) is 0 Å². The number of rotatable bonds is 7. The van der Waals surface area contributed by atoms with E-state index in [1.54, 1.807) is 18.2 Å². The number of ether oxygens (including phenoxy) is 2. The van der Waals surface area contributed by atoms with Gasteiger partial charge in [-0.15, -0.1) is 0 Å². The van der Waals surface area contributed by atoms with E-state index in [0.29, 0.717) is 55.9 Å². The lowest BCUT2D eigenvalue weighted by atomic mass is 10.1. The van der Waals surface area contributed by atoms with Crippen molar-refractivity contribution in [3.63, 3.8) is 0 Å². The molecule has 7 nitrogen and oxygen atoms in total. The molecule has 3 heterocycles. The number of hydrogen-bond donors (Lipinski definition) is 0. The van der Waals surface area contributed by atoms with Crippen molar-refractivity contribution in [2.75, 3.05) is 32.9 Å². The molecule has 0 saturated carbocycles. The number of imidazole rings is 1. The predicted molar refractivity (Wildman–Crippen MR) is 129 cm³/mol. The van der Waals surface area contributed by atoms with Crippen LogP contribution < -0.4 is 0 Å². The molecule has 1 atom stereocenters. The molecule has 0 bridgehead atoms. The minimum absolute atomic E-state index is 0.0320. The highest BCUT2D eigenvalue weighted by molar-refractivity contribution is 7.98. The number of aromatic nitrogens is 2. The van der Waals surface area contributed by atoms with Crippen LogP contribution in [0.2, 0.25) is 0 Å². The molecular weight excluding hydrogens is 515 g/mol. The van der Waals surface area contributed by atoms with Gasteiger partial charge in [-0.2, -0.15) is 17.5 Å². The Balaban J connectivity index is 1.43. The maximum atomic E-state index is 13.1. The average Bonchev–Trinajstić information content (AvgIpc) is 3.51. The van der Waals surface area contributed by atoms with Gasteiger partial charge in [0.15, 0.2) is 5.16 Å². The van der Waals surface area contributed by atoms with Crippen LogP contribution in [0.1, 0.15) is 24.0 Å². The highest BCUT2D eigenvalue weighted by Gasteiger charge is 2.30. The lowest BCUT2D eigenvalue weighted by Crippen LogP contribution is -2.40. The minimum atomic E-state index is -4.37. The van der Waals surface area contributed by atoms with Gasteiger partial charge < -0.3 is 14.0 Å². The Labute approximate surface area is 211 Å². The average molecular weight is 542 g/mol. The zero-order valence-corrected chi connectivity index (χ0v) is 21.0. The van der Waals surface area contributed by atoms with Crippen LogP contribution in [0, 0.1) is 0 Å². The fourth-order valence-electron chi connectivity index (χ4n) is 4.40. The van der Waals surface area contributed by atoms with Gasteiger partial charge >= 0.3 is 6.18 Å².